The standard InChI is InChI=1S/C22H29ClFN5O4S/c1-14-12-29(34(31,32)10-7-19(30)26-16-3-2-9-33-13-16)8-6-17(14)20-21(23)28-22(27-20)18-5-4-15(24)11-25-18/h4-5,11,14,16-17H,2-3,6-10,12-13H2,1H3,(H,26,30)(H,27,28)/t14-,16-,17+/m0/s1. The predicted molar refractivity (Wildman–Crippen MR) is 125 cm³/mol. The number of hydrogen-bond acceptors (Lipinski definition) is 6. The van der Waals surface area contributed by atoms with Crippen molar-refractivity contribution in [3.8, 4) is 11.5 Å². The molecule has 1 amide bonds. The van der Waals surface area contributed by atoms with Gasteiger partial charge in [0.25, 0.3) is 0 Å². The Kier molecular flexibility index (Phi) is 7.86. The van der Waals surface area contributed by atoms with Crippen molar-refractivity contribution in [2.45, 2.75) is 44.6 Å². The minimum Gasteiger partial charge on any atom is -0.379 e. The quantitative estimate of drug-likeness (QED) is 0.588. The molecule has 2 saturated heterocycles. The number of sulfonamides is 1. The first-order valence-corrected chi connectivity index (χ1v) is 13.4. The second-order valence-electron chi connectivity index (χ2n) is 8.93. The second-order valence-corrected chi connectivity index (χ2v) is 11.4. The largest absolute Gasteiger partial charge is 0.379 e. The highest BCUT2D eigenvalue weighted by Gasteiger charge is 2.35. The molecule has 0 bridgehead atoms. The summed E-state index contributed by atoms with van der Waals surface area (Å²) < 4.78 is 45.7. The number of amides is 1. The fourth-order valence-corrected chi connectivity index (χ4v) is 6.36. The van der Waals surface area contributed by atoms with Crippen molar-refractivity contribution in [3.05, 3.63) is 35.0 Å². The van der Waals surface area contributed by atoms with E-state index in [1.54, 1.807) is 0 Å². The molecule has 2 aliphatic heterocycles. The number of rotatable bonds is 7. The predicted octanol–water partition coefficient (Wildman–Crippen LogP) is 2.70. The van der Waals surface area contributed by atoms with Gasteiger partial charge >= 0.3 is 0 Å². The van der Waals surface area contributed by atoms with Crippen LogP contribution in [0.5, 0.6) is 0 Å². The van der Waals surface area contributed by atoms with Crippen LogP contribution in [0, 0.1) is 11.7 Å². The molecule has 0 saturated carbocycles. The lowest BCUT2D eigenvalue weighted by Crippen LogP contribution is -2.45. The minimum absolute atomic E-state index is 0.0183. The molecule has 2 N–H and O–H groups in total. The Hall–Kier alpha value is -2.08. The van der Waals surface area contributed by atoms with Crippen LogP contribution >= 0.6 is 11.6 Å². The number of ether oxygens (including phenoxy) is 1. The van der Waals surface area contributed by atoms with Gasteiger partial charge in [-0.3, -0.25) is 4.79 Å². The maximum Gasteiger partial charge on any atom is 0.221 e. The molecule has 2 aliphatic rings. The fraction of sp³-hybridized carbons (Fsp3) is 0.591. The van der Waals surface area contributed by atoms with E-state index < -0.39 is 15.8 Å². The van der Waals surface area contributed by atoms with Gasteiger partial charge < -0.3 is 15.0 Å². The summed E-state index contributed by atoms with van der Waals surface area (Å²) in [7, 11) is -3.57. The van der Waals surface area contributed by atoms with Gasteiger partial charge in [0.05, 0.1) is 30.3 Å². The Morgan fingerprint density at radius 3 is 2.88 bits per heavy atom. The molecule has 0 aromatic carbocycles. The zero-order valence-corrected chi connectivity index (χ0v) is 20.5. The normalized spacial score (nSPS) is 24.1. The molecule has 0 radical (unpaired) electrons. The molecule has 2 aromatic heterocycles. The monoisotopic (exact) mass is 513 g/mol. The Balaban J connectivity index is 1.34. The van der Waals surface area contributed by atoms with E-state index in [4.69, 9.17) is 16.3 Å². The van der Waals surface area contributed by atoms with E-state index in [9.17, 15) is 17.6 Å². The van der Waals surface area contributed by atoms with Crippen LogP contribution in [0.25, 0.3) is 11.5 Å². The van der Waals surface area contributed by atoms with E-state index in [0.29, 0.717) is 49.4 Å². The summed E-state index contributed by atoms with van der Waals surface area (Å²) in [4.78, 5) is 23.8. The maximum absolute atomic E-state index is 13.2. The van der Waals surface area contributed by atoms with Crippen LogP contribution in [0.1, 0.15) is 44.2 Å². The summed E-state index contributed by atoms with van der Waals surface area (Å²) in [5, 5.41) is 3.16. The van der Waals surface area contributed by atoms with Crippen LogP contribution in [0.4, 0.5) is 4.39 Å². The van der Waals surface area contributed by atoms with E-state index in [0.717, 1.165) is 24.7 Å². The van der Waals surface area contributed by atoms with Crippen molar-refractivity contribution in [2.75, 3.05) is 32.1 Å². The molecule has 2 fully saturated rings. The van der Waals surface area contributed by atoms with Gasteiger partial charge in [-0.1, -0.05) is 18.5 Å². The summed E-state index contributed by atoms with van der Waals surface area (Å²) in [6, 6.07) is 2.77. The smallest absolute Gasteiger partial charge is 0.221 e. The van der Waals surface area contributed by atoms with Crippen molar-refractivity contribution in [1.82, 2.24) is 24.6 Å². The van der Waals surface area contributed by atoms with Gasteiger partial charge in [0.15, 0.2) is 11.0 Å². The Labute approximate surface area is 203 Å². The minimum atomic E-state index is -3.57. The number of carbonyl (C=O) groups excluding carboxylic acids is 1. The number of pyridine rings is 1. The highest BCUT2D eigenvalue weighted by Crippen LogP contribution is 2.37. The average Bonchev–Trinajstić information content (AvgIpc) is 3.20. The van der Waals surface area contributed by atoms with Gasteiger partial charge in [0.1, 0.15) is 11.5 Å². The number of aromatic amines is 1. The molecule has 34 heavy (non-hydrogen) atoms. The zero-order chi connectivity index (χ0) is 24.3. The summed E-state index contributed by atoms with van der Waals surface area (Å²) >= 11 is 6.39. The molecule has 4 heterocycles. The van der Waals surface area contributed by atoms with E-state index >= 15 is 0 Å². The summed E-state index contributed by atoms with van der Waals surface area (Å²) in [6.45, 7) is 3.79. The molecule has 0 spiro atoms. The van der Waals surface area contributed by atoms with Crippen LogP contribution in [0.3, 0.4) is 0 Å². The Bertz CT molecular complexity index is 1100. The van der Waals surface area contributed by atoms with Crippen LogP contribution in [-0.2, 0) is 19.6 Å². The third kappa shape index (κ3) is 5.94. The van der Waals surface area contributed by atoms with Crippen LogP contribution in [-0.4, -0.2) is 71.7 Å². The molecule has 186 valence electrons. The van der Waals surface area contributed by atoms with Gasteiger partial charge in [0, 0.05) is 32.0 Å². The molecular formula is C22H29ClFN5O4S. The number of halogens is 2. The topological polar surface area (TPSA) is 117 Å². The lowest BCUT2D eigenvalue weighted by atomic mass is 9.86. The number of hydrogen-bond donors (Lipinski definition) is 2. The number of nitrogens with zero attached hydrogens (tertiary/aromatic N) is 3. The van der Waals surface area contributed by atoms with Crippen LogP contribution < -0.4 is 5.32 Å². The highest BCUT2D eigenvalue weighted by molar-refractivity contribution is 7.89. The highest BCUT2D eigenvalue weighted by atomic mass is 35.5. The van der Waals surface area contributed by atoms with Gasteiger partial charge in [-0.05, 0) is 37.3 Å². The van der Waals surface area contributed by atoms with Gasteiger partial charge in [-0.2, -0.15) is 0 Å². The number of piperidine rings is 1. The van der Waals surface area contributed by atoms with E-state index in [2.05, 4.69) is 20.3 Å². The Morgan fingerprint density at radius 2 is 2.21 bits per heavy atom. The summed E-state index contributed by atoms with van der Waals surface area (Å²) in [5.41, 5.74) is 1.20. The lowest BCUT2D eigenvalue weighted by molar-refractivity contribution is -0.122. The van der Waals surface area contributed by atoms with Gasteiger partial charge in [0.2, 0.25) is 15.9 Å². The third-order valence-corrected chi connectivity index (χ3v) is 8.53. The number of carbonyl (C=O) groups is 1. The van der Waals surface area contributed by atoms with Crippen LogP contribution in [0.15, 0.2) is 18.3 Å². The van der Waals surface area contributed by atoms with E-state index in [1.807, 2.05) is 6.92 Å². The van der Waals surface area contributed by atoms with E-state index in [-0.39, 0.29) is 36.0 Å². The first-order valence-electron chi connectivity index (χ1n) is 11.4. The number of aromatic nitrogens is 3. The molecule has 4 rings (SSSR count). The van der Waals surface area contributed by atoms with Gasteiger partial charge in [-0.25, -0.2) is 27.1 Å². The number of nitrogens with one attached hydrogen (secondary N) is 2. The van der Waals surface area contributed by atoms with Gasteiger partial charge in [-0.15, -0.1) is 0 Å². The first-order chi connectivity index (χ1) is 16.2. The lowest BCUT2D eigenvalue weighted by Gasteiger charge is -2.35. The molecule has 9 nitrogen and oxygen atoms in total. The van der Waals surface area contributed by atoms with E-state index in [1.165, 1.54) is 16.4 Å². The summed E-state index contributed by atoms with van der Waals surface area (Å²) in [6.07, 6.45) is 3.33. The van der Waals surface area contributed by atoms with Crippen molar-refractivity contribution in [1.29, 1.82) is 0 Å². The third-order valence-electron chi connectivity index (χ3n) is 6.40. The molecular weight excluding hydrogens is 485 g/mol. The fourth-order valence-electron chi connectivity index (χ4n) is 4.54. The second kappa shape index (κ2) is 10.7. The number of imidazole rings is 1. The Morgan fingerprint density at radius 1 is 1.38 bits per heavy atom. The van der Waals surface area contributed by atoms with Crippen LogP contribution in [0.2, 0.25) is 5.15 Å². The zero-order valence-electron chi connectivity index (χ0n) is 19.0. The first kappa shape index (κ1) is 25.0. The molecule has 0 unspecified atom stereocenters. The van der Waals surface area contributed by atoms with Crippen molar-refractivity contribution in [3.63, 3.8) is 0 Å². The number of H-pyrrole nitrogens is 1. The van der Waals surface area contributed by atoms with Crippen molar-refractivity contribution < 1.29 is 22.3 Å². The van der Waals surface area contributed by atoms with Crippen molar-refractivity contribution in [2.24, 2.45) is 5.92 Å². The molecule has 0 aliphatic carbocycles. The SMILES string of the molecule is C[C@H]1CN(S(=O)(=O)CCC(=O)N[C@H]2CCCOC2)CC[C@H]1c1[nH]c(-c2ccc(F)cn2)nc1Cl. The van der Waals surface area contributed by atoms with Crippen molar-refractivity contribution >= 4 is 27.5 Å². The summed E-state index contributed by atoms with van der Waals surface area (Å²) in [5.74, 6) is -0.539. The molecule has 3 atom stereocenters. The average molecular weight is 514 g/mol. The maximum atomic E-state index is 13.2. The molecule has 12 heteroatoms. The molecule has 2 aromatic rings.